The van der Waals surface area contributed by atoms with E-state index in [0.29, 0.717) is 38.4 Å². The number of carbonyl (C=O) groups excluding carboxylic acids is 2. The van der Waals surface area contributed by atoms with Gasteiger partial charge in [0.15, 0.2) is 0 Å². The van der Waals surface area contributed by atoms with Crippen molar-refractivity contribution >= 4 is 57.9 Å². The van der Waals surface area contributed by atoms with E-state index in [1.807, 2.05) is 0 Å². The summed E-state index contributed by atoms with van der Waals surface area (Å²) in [5, 5.41) is 11.4. The number of ether oxygens (including phenoxy) is 1. The molecule has 0 N–H and O–H groups in total. The van der Waals surface area contributed by atoms with E-state index in [0.717, 1.165) is 16.7 Å². The van der Waals surface area contributed by atoms with E-state index >= 15 is 0 Å². The highest BCUT2D eigenvalue weighted by Crippen LogP contribution is 2.37. The molecule has 1 aliphatic rings. The molecule has 0 aliphatic carbocycles. The van der Waals surface area contributed by atoms with Gasteiger partial charge in [0.25, 0.3) is 16.8 Å². The Kier molecular flexibility index (Phi) is 6.46. The Morgan fingerprint density at radius 1 is 1.12 bits per heavy atom. The average Bonchev–Trinajstić information content (AvgIpc) is 3.36. The molecule has 168 valence electrons. The summed E-state index contributed by atoms with van der Waals surface area (Å²) in [7, 11) is 1.44. The highest BCUT2D eigenvalue weighted by atomic mass is 35.5. The normalized spacial score (nSPS) is 14.9. The first kappa shape index (κ1) is 22.9. The molecule has 1 saturated heterocycles. The Hall–Kier alpha value is -3.27. The fourth-order valence-corrected chi connectivity index (χ4v) is 4.30. The van der Waals surface area contributed by atoms with Gasteiger partial charge in [-0.3, -0.25) is 24.6 Å². The second-order valence-corrected chi connectivity index (χ2v) is 8.67. The molecule has 0 radical (unpaired) electrons. The zero-order valence-electron chi connectivity index (χ0n) is 16.9. The van der Waals surface area contributed by atoms with Gasteiger partial charge < -0.3 is 9.15 Å². The maximum atomic E-state index is 12.8. The smallest absolute Gasteiger partial charge is 0.293 e. The minimum atomic E-state index is -0.517. The van der Waals surface area contributed by atoms with Gasteiger partial charge in [0, 0.05) is 18.2 Å². The van der Waals surface area contributed by atoms with E-state index in [2.05, 4.69) is 0 Å². The first-order valence-corrected chi connectivity index (χ1v) is 11.0. The summed E-state index contributed by atoms with van der Waals surface area (Å²) in [6.45, 7) is 0.0488. The van der Waals surface area contributed by atoms with Crippen LogP contribution in [0.3, 0.4) is 0 Å². The molecule has 0 bridgehead atoms. The van der Waals surface area contributed by atoms with E-state index in [9.17, 15) is 19.7 Å². The van der Waals surface area contributed by atoms with Crippen LogP contribution in [0, 0.1) is 10.1 Å². The molecule has 33 heavy (non-hydrogen) atoms. The predicted molar refractivity (Wildman–Crippen MR) is 125 cm³/mol. The number of benzene rings is 2. The quantitative estimate of drug-likeness (QED) is 0.217. The molecule has 11 heteroatoms. The van der Waals surface area contributed by atoms with Crippen molar-refractivity contribution in [2.45, 2.75) is 6.54 Å². The molecule has 3 aromatic rings. The third-order valence-corrected chi connectivity index (χ3v) is 6.40. The lowest BCUT2D eigenvalue weighted by Crippen LogP contribution is -2.27. The molecule has 0 unspecified atom stereocenters. The lowest BCUT2D eigenvalue weighted by molar-refractivity contribution is -0.384. The second-order valence-electron chi connectivity index (χ2n) is 6.86. The number of imide groups is 1. The SMILES string of the molecule is COc1ccc([N+](=O)[O-])cc1-c1ccc(/C=C2\SC(=O)N(Cc3ccc(Cl)c(Cl)c3)C2=O)o1. The average molecular weight is 505 g/mol. The number of amides is 2. The van der Waals surface area contributed by atoms with E-state index in [4.69, 9.17) is 32.4 Å². The minimum absolute atomic E-state index is 0.0488. The summed E-state index contributed by atoms with van der Waals surface area (Å²) in [6.07, 6.45) is 1.45. The van der Waals surface area contributed by atoms with Gasteiger partial charge >= 0.3 is 0 Å². The number of halogens is 2. The lowest BCUT2D eigenvalue weighted by Gasteiger charge is -2.12. The fraction of sp³-hybridized carbons (Fsp3) is 0.0909. The van der Waals surface area contributed by atoms with Gasteiger partial charge in [0.05, 0.1) is 39.1 Å². The van der Waals surface area contributed by atoms with Gasteiger partial charge in [-0.15, -0.1) is 0 Å². The first-order chi connectivity index (χ1) is 15.8. The number of thioether (sulfide) groups is 1. The molecule has 0 atom stereocenters. The number of nitrogens with zero attached hydrogens (tertiary/aromatic N) is 2. The van der Waals surface area contributed by atoms with Crippen LogP contribution >= 0.6 is 35.0 Å². The van der Waals surface area contributed by atoms with Crippen molar-refractivity contribution in [2.24, 2.45) is 0 Å². The molecule has 4 rings (SSSR count). The van der Waals surface area contributed by atoms with Crippen molar-refractivity contribution in [1.82, 2.24) is 4.90 Å². The lowest BCUT2D eigenvalue weighted by atomic mass is 10.1. The van der Waals surface area contributed by atoms with Crippen LogP contribution in [0.4, 0.5) is 10.5 Å². The van der Waals surface area contributed by atoms with Gasteiger partial charge in [-0.2, -0.15) is 0 Å². The molecule has 8 nitrogen and oxygen atoms in total. The van der Waals surface area contributed by atoms with Gasteiger partial charge in [0.2, 0.25) is 0 Å². The van der Waals surface area contributed by atoms with Crippen LogP contribution in [-0.4, -0.2) is 28.1 Å². The number of carbonyl (C=O) groups is 2. The standard InChI is InChI=1S/C22H14Cl2N2O6S/c1-31-18-6-3-13(26(29)30)9-15(18)19-7-4-14(32-19)10-20-21(27)25(22(28)33-20)11-12-2-5-16(23)17(24)8-12/h2-10H,11H2,1H3/b20-10-. The number of hydrogen-bond donors (Lipinski definition) is 0. The summed E-state index contributed by atoms with van der Waals surface area (Å²) in [4.78, 5) is 37.1. The van der Waals surface area contributed by atoms with Crippen LogP contribution in [0.5, 0.6) is 5.75 Å². The molecule has 0 saturated carbocycles. The van der Waals surface area contributed by atoms with E-state index < -0.39 is 16.1 Å². The molecule has 0 spiro atoms. The summed E-state index contributed by atoms with van der Waals surface area (Å²) in [5.74, 6) is 0.542. The molecule has 1 aromatic heterocycles. The number of furan rings is 1. The van der Waals surface area contributed by atoms with E-state index in [1.54, 1.807) is 30.3 Å². The van der Waals surface area contributed by atoms with Crippen molar-refractivity contribution in [1.29, 1.82) is 0 Å². The number of nitro benzene ring substituents is 1. The zero-order valence-corrected chi connectivity index (χ0v) is 19.2. The highest BCUT2D eigenvalue weighted by Gasteiger charge is 2.35. The van der Waals surface area contributed by atoms with Crippen molar-refractivity contribution in [3.63, 3.8) is 0 Å². The minimum Gasteiger partial charge on any atom is -0.496 e. The Morgan fingerprint density at radius 2 is 1.91 bits per heavy atom. The second kappa shape index (κ2) is 9.30. The number of rotatable bonds is 6. The van der Waals surface area contributed by atoms with Crippen molar-refractivity contribution < 1.29 is 23.7 Å². The topological polar surface area (TPSA) is 103 Å². The van der Waals surface area contributed by atoms with Crippen LogP contribution in [0.15, 0.2) is 57.9 Å². The zero-order chi connectivity index (χ0) is 23.7. The van der Waals surface area contributed by atoms with Gasteiger partial charge in [-0.1, -0.05) is 29.3 Å². The third-order valence-electron chi connectivity index (χ3n) is 4.76. The monoisotopic (exact) mass is 504 g/mol. The molecular formula is C22H14Cl2N2O6S. The van der Waals surface area contributed by atoms with Gasteiger partial charge in [0.1, 0.15) is 17.3 Å². The largest absolute Gasteiger partial charge is 0.496 e. The number of methoxy groups -OCH3 is 1. The molecular weight excluding hydrogens is 491 g/mol. The maximum absolute atomic E-state index is 12.8. The molecule has 2 amide bonds. The Labute approximate surface area is 201 Å². The van der Waals surface area contributed by atoms with Crippen LogP contribution in [0.2, 0.25) is 10.0 Å². The predicted octanol–water partition coefficient (Wildman–Crippen LogP) is 6.41. The summed E-state index contributed by atoms with van der Waals surface area (Å²) < 4.78 is 11.0. The van der Waals surface area contributed by atoms with Crippen LogP contribution in [0.1, 0.15) is 11.3 Å². The summed E-state index contributed by atoms with van der Waals surface area (Å²) >= 11 is 12.7. The molecule has 1 aliphatic heterocycles. The van der Waals surface area contributed by atoms with Gasteiger partial charge in [-0.25, -0.2) is 0 Å². The number of hydrogen-bond acceptors (Lipinski definition) is 7. The first-order valence-electron chi connectivity index (χ1n) is 9.38. The summed E-state index contributed by atoms with van der Waals surface area (Å²) in [5.41, 5.74) is 0.928. The Balaban J connectivity index is 1.58. The molecule has 1 fully saturated rings. The van der Waals surface area contributed by atoms with Crippen LogP contribution < -0.4 is 4.74 Å². The molecule has 2 heterocycles. The maximum Gasteiger partial charge on any atom is 0.293 e. The van der Waals surface area contributed by atoms with Crippen LogP contribution in [0.25, 0.3) is 17.4 Å². The third kappa shape index (κ3) is 4.75. The number of nitro groups is 1. The summed E-state index contributed by atoms with van der Waals surface area (Å²) in [6, 6.07) is 12.2. The van der Waals surface area contributed by atoms with Gasteiger partial charge in [-0.05, 0) is 47.7 Å². The van der Waals surface area contributed by atoms with Crippen molar-refractivity contribution in [2.75, 3.05) is 7.11 Å². The van der Waals surface area contributed by atoms with Crippen LogP contribution in [-0.2, 0) is 11.3 Å². The fourth-order valence-electron chi connectivity index (χ4n) is 3.16. The molecule has 2 aromatic carbocycles. The van der Waals surface area contributed by atoms with E-state index in [-0.39, 0.29) is 17.1 Å². The van der Waals surface area contributed by atoms with Crippen molar-refractivity contribution in [3.8, 4) is 17.1 Å². The Morgan fingerprint density at radius 3 is 2.61 bits per heavy atom. The van der Waals surface area contributed by atoms with E-state index in [1.165, 1.54) is 31.4 Å². The highest BCUT2D eigenvalue weighted by molar-refractivity contribution is 8.18. The Bertz CT molecular complexity index is 1320. The van der Waals surface area contributed by atoms with Crippen molar-refractivity contribution in [3.05, 3.63) is 84.9 Å². The number of non-ortho nitro benzene ring substituents is 1.